The maximum atomic E-state index is 9.44. The quantitative estimate of drug-likeness (QED) is 0.710. The molecule has 2 unspecified atom stereocenters. The van der Waals surface area contributed by atoms with Gasteiger partial charge in [0.2, 0.25) is 0 Å². The molecule has 2 fully saturated rings. The average Bonchev–Trinajstić information content (AvgIpc) is 2.69. The lowest BCUT2D eigenvalue weighted by molar-refractivity contribution is 0.0322. The zero-order valence-electron chi connectivity index (χ0n) is 8.80. The summed E-state index contributed by atoms with van der Waals surface area (Å²) in [7, 11) is 0. The molecule has 2 heterocycles. The summed E-state index contributed by atoms with van der Waals surface area (Å²) in [5, 5.41) is 12.9. The Hall–Kier alpha value is -0.120. The summed E-state index contributed by atoms with van der Waals surface area (Å²) < 4.78 is 5.47. The van der Waals surface area contributed by atoms with E-state index in [1.807, 2.05) is 0 Å². The van der Waals surface area contributed by atoms with Gasteiger partial charge in [-0.2, -0.15) is 0 Å². The van der Waals surface area contributed by atoms with Crippen LogP contribution in [0.25, 0.3) is 0 Å². The van der Waals surface area contributed by atoms with Gasteiger partial charge in [0.05, 0.1) is 6.61 Å². The second-order valence-corrected chi connectivity index (χ2v) is 4.76. The molecule has 0 spiro atoms. The van der Waals surface area contributed by atoms with Gasteiger partial charge >= 0.3 is 0 Å². The minimum atomic E-state index is 0.0192. The summed E-state index contributed by atoms with van der Waals surface area (Å²) >= 11 is 0. The predicted molar refractivity (Wildman–Crippen MR) is 55.2 cm³/mol. The molecule has 0 aromatic rings. The molecule has 2 N–H and O–H groups in total. The first-order chi connectivity index (χ1) is 6.85. The molecule has 82 valence electrons. The lowest BCUT2D eigenvalue weighted by Crippen LogP contribution is -2.46. The van der Waals surface area contributed by atoms with Crippen LogP contribution in [0.3, 0.4) is 0 Å². The van der Waals surface area contributed by atoms with Gasteiger partial charge in [0.15, 0.2) is 0 Å². The summed E-state index contributed by atoms with van der Waals surface area (Å²) in [6, 6.07) is 0. The number of rotatable bonds is 3. The lowest BCUT2D eigenvalue weighted by Gasteiger charge is -2.33. The van der Waals surface area contributed by atoms with Crippen LogP contribution in [-0.2, 0) is 4.74 Å². The SMILES string of the molecule is OCC1(CC2CCCOC2)CCCN1. The highest BCUT2D eigenvalue weighted by atomic mass is 16.5. The molecule has 0 radical (unpaired) electrons. The molecule has 3 heteroatoms. The van der Waals surface area contributed by atoms with Crippen LogP contribution < -0.4 is 5.32 Å². The molecule has 2 aliphatic rings. The van der Waals surface area contributed by atoms with Crippen molar-refractivity contribution in [1.82, 2.24) is 5.32 Å². The Bertz CT molecular complexity index is 172. The van der Waals surface area contributed by atoms with Crippen molar-refractivity contribution in [2.75, 3.05) is 26.4 Å². The van der Waals surface area contributed by atoms with Gasteiger partial charge in [0, 0.05) is 18.8 Å². The molecule has 2 rings (SSSR count). The lowest BCUT2D eigenvalue weighted by atomic mass is 9.84. The third kappa shape index (κ3) is 2.27. The second kappa shape index (κ2) is 4.60. The fourth-order valence-electron chi connectivity index (χ4n) is 2.76. The van der Waals surface area contributed by atoms with Gasteiger partial charge in [-0.15, -0.1) is 0 Å². The molecular formula is C11H21NO2. The number of hydrogen-bond acceptors (Lipinski definition) is 3. The van der Waals surface area contributed by atoms with Crippen LogP contribution in [0.5, 0.6) is 0 Å². The van der Waals surface area contributed by atoms with Crippen LogP contribution in [0, 0.1) is 5.92 Å². The number of ether oxygens (including phenoxy) is 1. The zero-order valence-corrected chi connectivity index (χ0v) is 8.80. The Labute approximate surface area is 85.8 Å². The summed E-state index contributed by atoms with van der Waals surface area (Å²) in [6.45, 7) is 3.16. The van der Waals surface area contributed by atoms with E-state index in [9.17, 15) is 5.11 Å². The van der Waals surface area contributed by atoms with Gasteiger partial charge in [-0.25, -0.2) is 0 Å². The summed E-state index contributed by atoms with van der Waals surface area (Å²) in [5.74, 6) is 0.654. The molecule has 0 aromatic carbocycles. The molecule has 0 bridgehead atoms. The van der Waals surface area contributed by atoms with Crippen molar-refractivity contribution in [1.29, 1.82) is 0 Å². The van der Waals surface area contributed by atoms with E-state index in [0.717, 1.165) is 32.6 Å². The Morgan fingerprint density at radius 2 is 2.36 bits per heavy atom. The fourth-order valence-corrected chi connectivity index (χ4v) is 2.76. The third-order valence-electron chi connectivity index (χ3n) is 3.57. The highest BCUT2D eigenvalue weighted by molar-refractivity contribution is 4.94. The molecule has 0 amide bonds. The predicted octanol–water partition coefficient (Wildman–Crippen LogP) is 0.918. The smallest absolute Gasteiger partial charge is 0.0613 e. The van der Waals surface area contributed by atoms with Crippen molar-refractivity contribution in [2.45, 2.75) is 37.6 Å². The second-order valence-electron chi connectivity index (χ2n) is 4.76. The van der Waals surface area contributed by atoms with Gasteiger partial charge in [0.1, 0.15) is 0 Å². The van der Waals surface area contributed by atoms with Crippen LogP contribution in [0.2, 0.25) is 0 Å². The summed E-state index contributed by atoms with van der Waals surface area (Å²) in [4.78, 5) is 0. The van der Waals surface area contributed by atoms with Gasteiger partial charge in [-0.1, -0.05) is 0 Å². The summed E-state index contributed by atoms with van der Waals surface area (Å²) in [6.07, 6.45) is 5.87. The highest BCUT2D eigenvalue weighted by Crippen LogP contribution is 2.30. The van der Waals surface area contributed by atoms with Gasteiger partial charge < -0.3 is 15.2 Å². The van der Waals surface area contributed by atoms with Gasteiger partial charge in [-0.3, -0.25) is 0 Å². The molecule has 3 nitrogen and oxygen atoms in total. The van der Waals surface area contributed by atoms with E-state index < -0.39 is 0 Å². The fraction of sp³-hybridized carbons (Fsp3) is 1.00. The van der Waals surface area contributed by atoms with Crippen molar-refractivity contribution >= 4 is 0 Å². The van der Waals surface area contributed by atoms with Gasteiger partial charge in [0.25, 0.3) is 0 Å². The average molecular weight is 199 g/mol. The first kappa shape index (κ1) is 10.4. The molecule has 2 saturated heterocycles. The standard InChI is InChI=1S/C11H21NO2/c13-9-11(4-2-5-12-11)7-10-3-1-6-14-8-10/h10,12-13H,1-9H2. The first-order valence-corrected chi connectivity index (χ1v) is 5.78. The van der Waals surface area contributed by atoms with Crippen molar-refractivity contribution < 1.29 is 9.84 Å². The van der Waals surface area contributed by atoms with E-state index in [0.29, 0.717) is 5.92 Å². The molecule has 14 heavy (non-hydrogen) atoms. The Kier molecular flexibility index (Phi) is 3.42. The monoisotopic (exact) mass is 199 g/mol. The highest BCUT2D eigenvalue weighted by Gasteiger charge is 2.35. The Morgan fingerprint density at radius 3 is 2.93 bits per heavy atom. The minimum absolute atomic E-state index is 0.0192. The Balaban J connectivity index is 1.86. The first-order valence-electron chi connectivity index (χ1n) is 5.78. The van der Waals surface area contributed by atoms with E-state index in [4.69, 9.17) is 4.74 Å². The largest absolute Gasteiger partial charge is 0.394 e. The Morgan fingerprint density at radius 1 is 1.43 bits per heavy atom. The summed E-state index contributed by atoms with van der Waals surface area (Å²) in [5.41, 5.74) is 0.0192. The molecule has 0 saturated carbocycles. The normalized spacial score (nSPS) is 38.8. The zero-order chi connectivity index (χ0) is 9.86. The van der Waals surface area contributed by atoms with Crippen LogP contribution in [0.1, 0.15) is 32.1 Å². The van der Waals surface area contributed by atoms with E-state index in [-0.39, 0.29) is 12.1 Å². The van der Waals surface area contributed by atoms with Crippen molar-refractivity contribution in [3.05, 3.63) is 0 Å². The number of nitrogens with one attached hydrogen (secondary N) is 1. The van der Waals surface area contributed by atoms with E-state index in [1.165, 1.54) is 19.3 Å². The van der Waals surface area contributed by atoms with Crippen LogP contribution in [0.15, 0.2) is 0 Å². The maximum Gasteiger partial charge on any atom is 0.0613 e. The molecular weight excluding hydrogens is 178 g/mol. The molecule has 2 atom stereocenters. The van der Waals surface area contributed by atoms with Crippen LogP contribution >= 0.6 is 0 Å². The van der Waals surface area contributed by atoms with E-state index >= 15 is 0 Å². The van der Waals surface area contributed by atoms with E-state index in [1.54, 1.807) is 0 Å². The third-order valence-corrected chi connectivity index (χ3v) is 3.57. The molecule has 0 aliphatic carbocycles. The maximum absolute atomic E-state index is 9.44. The molecule has 0 aromatic heterocycles. The van der Waals surface area contributed by atoms with Crippen molar-refractivity contribution in [3.8, 4) is 0 Å². The number of aliphatic hydroxyl groups is 1. The van der Waals surface area contributed by atoms with Crippen molar-refractivity contribution in [2.24, 2.45) is 5.92 Å². The number of hydrogen-bond donors (Lipinski definition) is 2. The van der Waals surface area contributed by atoms with E-state index in [2.05, 4.69) is 5.32 Å². The topological polar surface area (TPSA) is 41.5 Å². The number of aliphatic hydroxyl groups excluding tert-OH is 1. The van der Waals surface area contributed by atoms with Crippen LogP contribution in [-0.4, -0.2) is 37.0 Å². The minimum Gasteiger partial charge on any atom is -0.394 e. The van der Waals surface area contributed by atoms with Gasteiger partial charge in [-0.05, 0) is 44.6 Å². The molecule has 2 aliphatic heterocycles. The van der Waals surface area contributed by atoms with Crippen LogP contribution in [0.4, 0.5) is 0 Å². The van der Waals surface area contributed by atoms with Crippen molar-refractivity contribution in [3.63, 3.8) is 0 Å².